The second-order valence-corrected chi connectivity index (χ2v) is 6.03. The van der Waals surface area contributed by atoms with E-state index in [1.54, 1.807) is 26.4 Å². The first-order chi connectivity index (χ1) is 12.1. The van der Waals surface area contributed by atoms with Crippen molar-refractivity contribution in [1.29, 1.82) is 0 Å². The van der Waals surface area contributed by atoms with Crippen LogP contribution in [0.1, 0.15) is 5.56 Å². The fourth-order valence-electron chi connectivity index (χ4n) is 2.29. The summed E-state index contributed by atoms with van der Waals surface area (Å²) in [5.74, 6) is 1.34. The summed E-state index contributed by atoms with van der Waals surface area (Å²) in [7, 11) is 4.98. The van der Waals surface area contributed by atoms with E-state index in [1.165, 1.54) is 0 Å². The van der Waals surface area contributed by atoms with Crippen molar-refractivity contribution in [2.75, 3.05) is 33.2 Å². The molecule has 0 aliphatic heterocycles. The molecule has 0 saturated carbocycles. The van der Waals surface area contributed by atoms with E-state index < -0.39 is 0 Å². The molecule has 2 aromatic carbocycles. The van der Waals surface area contributed by atoms with Crippen LogP contribution in [0.3, 0.4) is 0 Å². The summed E-state index contributed by atoms with van der Waals surface area (Å²) in [6.07, 6.45) is 0. The van der Waals surface area contributed by atoms with Crippen LogP contribution in [-0.2, 0) is 11.3 Å². The Kier molecular flexibility index (Phi) is 9.26. The van der Waals surface area contributed by atoms with E-state index in [-0.39, 0.29) is 24.9 Å². The number of carbonyl (C=O) groups is 1. The molecule has 2 N–H and O–H groups in total. The zero-order valence-corrected chi connectivity index (χ0v) is 17.1. The molecule has 0 atom stereocenters. The molecule has 0 unspecified atom stereocenters. The zero-order valence-electron chi connectivity index (χ0n) is 14.8. The molecule has 142 valence electrons. The third kappa shape index (κ3) is 5.79. The van der Waals surface area contributed by atoms with E-state index in [0.717, 1.165) is 10.0 Å². The Bertz CT molecular complexity index is 743. The summed E-state index contributed by atoms with van der Waals surface area (Å²) in [5.41, 5.74) is 1.63. The third-order valence-electron chi connectivity index (χ3n) is 3.40. The number of carbonyl (C=O) groups excluding carboxylic acids is 1. The Balaban J connectivity index is 0.00000338. The number of halogens is 2. The van der Waals surface area contributed by atoms with Gasteiger partial charge in [0.1, 0.15) is 5.75 Å². The van der Waals surface area contributed by atoms with E-state index in [2.05, 4.69) is 26.6 Å². The summed E-state index contributed by atoms with van der Waals surface area (Å²) in [5, 5.41) is 5.84. The second kappa shape index (κ2) is 10.9. The van der Waals surface area contributed by atoms with Crippen LogP contribution in [0.5, 0.6) is 17.2 Å². The minimum absolute atomic E-state index is 0. The molecule has 0 aromatic heterocycles. The number of hydrogen-bond acceptors (Lipinski definition) is 5. The van der Waals surface area contributed by atoms with Crippen LogP contribution in [0.2, 0.25) is 0 Å². The van der Waals surface area contributed by atoms with Gasteiger partial charge in [-0.3, -0.25) is 4.79 Å². The molecular weight excluding hydrogens is 424 g/mol. The molecule has 6 nitrogen and oxygen atoms in total. The first-order valence-electron chi connectivity index (χ1n) is 7.65. The van der Waals surface area contributed by atoms with Crippen LogP contribution in [0.25, 0.3) is 0 Å². The predicted octanol–water partition coefficient (Wildman–Crippen LogP) is 0.207. The van der Waals surface area contributed by atoms with Gasteiger partial charge in [-0.1, -0.05) is 12.1 Å². The monoisotopic (exact) mass is 443 g/mol. The average Bonchev–Trinajstić information content (AvgIpc) is 2.61. The molecule has 0 fully saturated rings. The molecule has 26 heavy (non-hydrogen) atoms. The third-order valence-corrected chi connectivity index (χ3v) is 3.99. The van der Waals surface area contributed by atoms with Crippen molar-refractivity contribution < 1.29 is 31.4 Å². The second-order valence-electron chi connectivity index (χ2n) is 5.18. The number of nitrogens with one attached hydrogen (secondary N) is 2. The van der Waals surface area contributed by atoms with Crippen LogP contribution < -0.4 is 37.3 Å². The molecule has 2 aromatic rings. The van der Waals surface area contributed by atoms with Crippen LogP contribution in [-0.4, -0.2) is 33.8 Å². The van der Waals surface area contributed by atoms with E-state index in [9.17, 15) is 4.79 Å². The molecule has 0 radical (unpaired) electrons. The van der Waals surface area contributed by atoms with Crippen molar-refractivity contribution in [1.82, 2.24) is 5.32 Å². The van der Waals surface area contributed by atoms with Gasteiger partial charge in [0, 0.05) is 6.54 Å². The van der Waals surface area contributed by atoms with E-state index in [1.807, 2.05) is 31.3 Å². The molecule has 0 bridgehead atoms. The molecule has 0 aliphatic rings. The fraction of sp³-hybridized carbons (Fsp3) is 0.278. The summed E-state index contributed by atoms with van der Waals surface area (Å²) in [6.45, 7) is 0.544. The van der Waals surface area contributed by atoms with Crippen LogP contribution in [0.4, 0.5) is 5.69 Å². The highest BCUT2D eigenvalue weighted by Gasteiger charge is 2.14. The van der Waals surface area contributed by atoms with Crippen LogP contribution in [0.15, 0.2) is 40.9 Å². The fourth-order valence-corrected chi connectivity index (χ4v) is 2.90. The molecular formula is C18H21BrClN2O4-. The highest BCUT2D eigenvalue weighted by Crippen LogP contribution is 2.36. The van der Waals surface area contributed by atoms with Gasteiger partial charge >= 0.3 is 0 Å². The Morgan fingerprint density at radius 3 is 2.46 bits per heavy atom. The Labute approximate surface area is 167 Å². The Hall–Kier alpha value is -1.96. The van der Waals surface area contributed by atoms with Crippen molar-refractivity contribution in [3.8, 4) is 17.2 Å². The maximum absolute atomic E-state index is 12.2. The molecule has 2 rings (SSSR count). The van der Waals surface area contributed by atoms with Crippen LogP contribution >= 0.6 is 15.9 Å². The summed E-state index contributed by atoms with van der Waals surface area (Å²) in [6, 6.07) is 11.0. The Morgan fingerprint density at radius 1 is 1.12 bits per heavy atom. The number of amides is 1. The lowest BCUT2D eigenvalue weighted by Gasteiger charge is -2.15. The van der Waals surface area contributed by atoms with Gasteiger partial charge in [-0.2, -0.15) is 0 Å². The first kappa shape index (κ1) is 22.1. The molecule has 1 amide bonds. The lowest BCUT2D eigenvalue weighted by Crippen LogP contribution is -3.00. The van der Waals surface area contributed by atoms with Crippen molar-refractivity contribution in [2.45, 2.75) is 6.54 Å². The SMILES string of the molecule is CNCc1cc(Br)c(OCC(=O)Nc2ccccc2OC)c(OC)c1.[Cl-]. The topological polar surface area (TPSA) is 68.8 Å². The Morgan fingerprint density at radius 2 is 1.81 bits per heavy atom. The lowest BCUT2D eigenvalue weighted by atomic mass is 10.2. The van der Waals surface area contributed by atoms with E-state index in [0.29, 0.717) is 29.5 Å². The normalized spacial score (nSPS) is 9.85. The maximum atomic E-state index is 12.2. The van der Waals surface area contributed by atoms with Gasteiger partial charge in [-0.05, 0) is 52.8 Å². The molecule has 0 saturated heterocycles. The predicted molar refractivity (Wildman–Crippen MR) is 101 cm³/mol. The van der Waals surface area contributed by atoms with Gasteiger partial charge in [0.15, 0.2) is 18.1 Å². The summed E-state index contributed by atoms with van der Waals surface area (Å²) in [4.78, 5) is 12.2. The number of para-hydroxylation sites is 2. The first-order valence-corrected chi connectivity index (χ1v) is 8.45. The summed E-state index contributed by atoms with van der Waals surface area (Å²) < 4.78 is 17.0. The lowest BCUT2D eigenvalue weighted by molar-refractivity contribution is -0.118. The molecule has 0 aliphatic carbocycles. The highest BCUT2D eigenvalue weighted by atomic mass is 79.9. The number of benzene rings is 2. The number of ether oxygens (including phenoxy) is 3. The number of anilines is 1. The minimum atomic E-state index is -0.294. The standard InChI is InChI=1S/C18H21BrN2O4.ClH/c1-20-10-12-8-13(19)18(16(9-12)24-3)25-11-17(22)21-14-6-4-5-7-15(14)23-2;/h4-9,20H,10-11H2,1-3H3,(H,21,22);1H/p-1. The van der Waals surface area contributed by atoms with Gasteiger partial charge in [0.05, 0.1) is 24.4 Å². The summed E-state index contributed by atoms with van der Waals surface area (Å²) >= 11 is 3.46. The van der Waals surface area contributed by atoms with Crippen molar-refractivity contribution in [3.63, 3.8) is 0 Å². The quantitative estimate of drug-likeness (QED) is 0.609. The van der Waals surface area contributed by atoms with Crippen molar-refractivity contribution >= 4 is 27.5 Å². The zero-order chi connectivity index (χ0) is 18.2. The number of methoxy groups -OCH3 is 2. The van der Waals surface area contributed by atoms with Crippen LogP contribution in [0, 0.1) is 0 Å². The van der Waals surface area contributed by atoms with E-state index in [4.69, 9.17) is 14.2 Å². The number of hydrogen-bond donors (Lipinski definition) is 2. The highest BCUT2D eigenvalue weighted by molar-refractivity contribution is 9.10. The van der Waals surface area contributed by atoms with Gasteiger partial charge in [-0.15, -0.1) is 0 Å². The van der Waals surface area contributed by atoms with Crippen molar-refractivity contribution in [2.24, 2.45) is 0 Å². The average molecular weight is 445 g/mol. The van der Waals surface area contributed by atoms with Gasteiger partial charge in [0.25, 0.3) is 5.91 Å². The minimum Gasteiger partial charge on any atom is -1.00 e. The molecule has 0 spiro atoms. The van der Waals surface area contributed by atoms with Gasteiger partial charge in [-0.25, -0.2) is 0 Å². The van der Waals surface area contributed by atoms with Crippen molar-refractivity contribution in [3.05, 3.63) is 46.4 Å². The van der Waals surface area contributed by atoms with Gasteiger partial charge in [0.2, 0.25) is 0 Å². The molecule has 8 heteroatoms. The van der Waals surface area contributed by atoms with E-state index >= 15 is 0 Å². The van der Waals surface area contributed by atoms with Gasteiger partial charge < -0.3 is 37.3 Å². The smallest absolute Gasteiger partial charge is 0.262 e. The molecule has 0 heterocycles. The maximum Gasteiger partial charge on any atom is 0.262 e. The number of rotatable bonds is 8. The largest absolute Gasteiger partial charge is 1.00 e.